The van der Waals surface area contributed by atoms with E-state index >= 15 is 0 Å². The Labute approximate surface area is 138 Å². The molecule has 126 valence electrons. The number of anilines is 1. The molecular formula is C18H28N4O. The van der Waals surface area contributed by atoms with Crippen LogP contribution in [0.15, 0.2) is 12.1 Å². The van der Waals surface area contributed by atoms with E-state index in [1.807, 2.05) is 12.1 Å². The first-order chi connectivity index (χ1) is 11.2. The molecule has 0 aliphatic carbocycles. The number of ether oxygens (including phenoxy) is 1. The van der Waals surface area contributed by atoms with Gasteiger partial charge in [0.25, 0.3) is 0 Å². The monoisotopic (exact) mass is 316 g/mol. The molecule has 23 heavy (non-hydrogen) atoms. The fraction of sp³-hybridized carbons (Fsp3) is 0.556. The van der Waals surface area contributed by atoms with Crippen LogP contribution in [-0.2, 0) is 0 Å². The maximum atomic E-state index is 6.10. The van der Waals surface area contributed by atoms with Crippen molar-refractivity contribution < 1.29 is 4.74 Å². The molecule has 1 fully saturated rings. The number of hydrogen-bond acceptors (Lipinski definition) is 4. The van der Waals surface area contributed by atoms with Crippen LogP contribution in [0, 0.1) is 13.8 Å². The number of nitrogens with one attached hydrogen (secondary N) is 2. The lowest BCUT2D eigenvalue weighted by Gasteiger charge is -2.15. The highest BCUT2D eigenvalue weighted by Crippen LogP contribution is 2.33. The molecule has 4 N–H and O–H groups in total. The molecule has 0 atom stereocenters. The van der Waals surface area contributed by atoms with Gasteiger partial charge in [-0.15, -0.1) is 0 Å². The van der Waals surface area contributed by atoms with Crippen molar-refractivity contribution in [3.63, 3.8) is 0 Å². The highest BCUT2D eigenvalue weighted by molar-refractivity contribution is 5.98. The Morgan fingerprint density at radius 2 is 2.00 bits per heavy atom. The molecule has 0 spiro atoms. The summed E-state index contributed by atoms with van der Waals surface area (Å²) in [6.07, 6.45) is 2.70. The van der Waals surface area contributed by atoms with Gasteiger partial charge >= 0.3 is 0 Å². The first kappa shape index (κ1) is 16.1. The van der Waals surface area contributed by atoms with Gasteiger partial charge in [-0.05, 0) is 57.5 Å². The lowest BCUT2D eigenvalue weighted by molar-refractivity contribution is 0.301. The average Bonchev–Trinajstić information content (AvgIpc) is 3.14. The molecule has 1 saturated heterocycles. The van der Waals surface area contributed by atoms with Crippen molar-refractivity contribution >= 4 is 16.6 Å². The van der Waals surface area contributed by atoms with E-state index in [2.05, 4.69) is 29.0 Å². The van der Waals surface area contributed by atoms with E-state index in [0.717, 1.165) is 47.7 Å². The zero-order valence-electron chi connectivity index (χ0n) is 14.2. The lowest BCUT2D eigenvalue weighted by atomic mass is 10.1. The van der Waals surface area contributed by atoms with E-state index in [4.69, 9.17) is 10.5 Å². The van der Waals surface area contributed by atoms with Crippen molar-refractivity contribution in [3.8, 4) is 5.75 Å². The second-order valence-electron chi connectivity index (χ2n) is 6.43. The number of aromatic nitrogens is 1. The molecule has 0 saturated carbocycles. The number of nitrogens with two attached hydrogens (primary N) is 1. The second-order valence-corrected chi connectivity index (χ2v) is 6.43. The van der Waals surface area contributed by atoms with Gasteiger partial charge in [-0.25, -0.2) is 0 Å². The number of hydrogen-bond donors (Lipinski definition) is 3. The number of rotatable bonds is 7. The van der Waals surface area contributed by atoms with Gasteiger partial charge < -0.3 is 25.7 Å². The van der Waals surface area contributed by atoms with Gasteiger partial charge in [-0.2, -0.15) is 0 Å². The Kier molecular flexibility index (Phi) is 5.08. The maximum Gasteiger partial charge on any atom is 0.143 e. The van der Waals surface area contributed by atoms with Gasteiger partial charge in [0, 0.05) is 36.4 Å². The summed E-state index contributed by atoms with van der Waals surface area (Å²) in [5.74, 6) is 0.881. The smallest absolute Gasteiger partial charge is 0.143 e. The summed E-state index contributed by atoms with van der Waals surface area (Å²) in [5, 5.41) is 4.54. The van der Waals surface area contributed by atoms with Gasteiger partial charge in [-0.3, -0.25) is 0 Å². The van der Waals surface area contributed by atoms with E-state index in [0.29, 0.717) is 6.61 Å². The van der Waals surface area contributed by atoms with Gasteiger partial charge in [0.05, 0.1) is 5.52 Å². The Hall–Kier alpha value is -1.72. The molecule has 3 rings (SSSR count). The predicted octanol–water partition coefficient (Wildman–Crippen LogP) is 2.43. The third kappa shape index (κ3) is 3.62. The molecule has 1 aliphatic rings. The first-order valence-electron chi connectivity index (χ1n) is 8.60. The van der Waals surface area contributed by atoms with Crippen LogP contribution in [0.1, 0.15) is 24.1 Å². The molecule has 0 amide bonds. The van der Waals surface area contributed by atoms with E-state index in [1.165, 1.54) is 31.5 Å². The Balaban J connectivity index is 1.49. The fourth-order valence-corrected chi connectivity index (χ4v) is 3.32. The molecule has 1 aromatic heterocycles. The van der Waals surface area contributed by atoms with Gasteiger partial charge in [0.15, 0.2) is 0 Å². The zero-order valence-corrected chi connectivity index (χ0v) is 14.2. The van der Waals surface area contributed by atoms with Crippen LogP contribution in [0.2, 0.25) is 0 Å². The molecule has 1 aliphatic heterocycles. The van der Waals surface area contributed by atoms with Crippen molar-refractivity contribution in [1.29, 1.82) is 0 Å². The number of H-pyrrole nitrogens is 1. The largest absolute Gasteiger partial charge is 0.490 e. The van der Waals surface area contributed by atoms with E-state index in [-0.39, 0.29) is 0 Å². The summed E-state index contributed by atoms with van der Waals surface area (Å²) < 4.78 is 5.95. The summed E-state index contributed by atoms with van der Waals surface area (Å²) in [7, 11) is 0. The van der Waals surface area contributed by atoms with Crippen LogP contribution in [-0.4, -0.2) is 49.2 Å². The minimum absolute atomic E-state index is 0.663. The zero-order chi connectivity index (χ0) is 16.2. The number of fused-ring (bicyclic) bond motifs is 1. The lowest BCUT2D eigenvalue weighted by Crippen LogP contribution is -2.32. The summed E-state index contributed by atoms with van der Waals surface area (Å²) >= 11 is 0. The highest BCUT2D eigenvalue weighted by Gasteiger charge is 2.12. The van der Waals surface area contributed by atoms with Crippen LogP contribution < -0.4 is 15.8 Å². The van der Waals surface area contributed by atoms with Crippen molar-refractivity contribution in [2.24, 2.45) is 0 Å². The molecule has 5 heteroatoms. The summed E-state index contributed by atoms with van der Waals surface area (Å²) in [5.41, 5.74) is 10.3. The van der Waals surface area contributed by atoms with Crippen molar-refractivity contribution in [2.45, 2.75) is 26.7 Å². The third-order valence-corrected chi connectivity index (χ3v) is 4.79. The predicted molar refractivity (Wildman–Crippen MR) is 96.2 cm³/mol. The van der Waals surface area contributed by atoms with Gasteiger partial charge in [0.2, 0.25) is 0 Å². The normalized spacial score (nSPS) is 15.6. The highest BCUT2D eigenvalue weighted by atomic mass is 16.5. The second kappa shape index (κ2) is 7.23. The molecule has 2 heterocycles. The van der Waals surface area contributed by atoms with E-state index in [1.54, 1.807) is 0 Å². The fourth-order valence-electron chi connectivity index (χ4n) is 3.32. The standard InChI is InChI=1S/C18H28N4O/c1-13-14(2)21-18-16(6-5-15(19)17(13)18)23-12-8-20-7-11-22-9-3-4-10-22/h5-6,20-21H,3-4,7-12,19H2,1-2H3. The molecule has 0 unspecified atom stereocenters. The van der Waals surface area contributed by atoms with Crippen molar-refractivity contribution in [1.82, 2.24) is 15.2 Å². The summed E-state index contributed by atoms with van der Waals surface area (Å²) in [6, 6.07) is 3.88. The number of aryl methyl sites for hydroxylation is 2. The number of benzene rings is 1. The quantitative estimate of drug-likeness (QED) is 0.542. The van der Waals surface area contributed by atoms with Gasteiger partial charge in [0.1, 0.15) is 12.4 Å². The molecule has 1 aromatic carbocycles. The topological polar surface area (TPSA) is 66.3 Å². The van der Waals surface area contributed by atoms with Crippen molar-refractivity contribution in [2.75, 3.05) is 45.1 Å². The van der Waals surface area contributed by atoms with Crippen LogP contribution in [0.5, 0.6) is 5.75 Å². The van der Waals surface area contributed by atoms with Gasteiger partial charge in [-0.1, -0.05) is 0 Å². The molecule has 5 nitrogen and oxygen atoms in total. The van der Waals surface area contributed by atoms with Crippen LogP contribution in [0.4, 0.5) is 5.69 Å². The minimum Gasteiger partial charge on any atom is -0.490 e. The Morgan fingerprint density at radius 1 is 1.22 bits per heavy atom. The summed E-state index contributed by atoms with van der Waals surface area (Å²) in [6.45, 7) is 10.4. The average molecular weight is 316 g/mol. The van der Waals surface area contributed by atoms with Crippen molar-refractivity contribution in [3.05, 3.63) is 23.4 Å². The minimum atomic E-state index is 0.663. The van der Waals surface area contributed by atoms with Crippen LogP contribution in [0.3, 0.4) is 0 Å². The number of likely N-dealkylation sites (tertiary alicyclic amines) is 1. The molecule has 0 radical (unpaired) electrons. The van der Waals surface area contributed by atoms with E-state index < -0.39 is 0 Å². The van der Waals surface area contributed by atoms with Crippen LogP contribution in [0.25, 0.3) is 10.9 Å². The Bertz CT molecular complexity index is 659. The van der Waals surface area contributed by atoms with Crippen LogP contribution >= 0.6 is 0 Å². The maximum absolute atomic E-state index is 6.10. The summed E-state index contributed by atoms with van der Waals surface area (Å²) in [4.78, 5) is 5.91. The number of aromatic amines is 1. The molecule has 2 aromatic rings. The molecular weight excluding hydrogens is 288 g/mol. The number of nitrogen functional groups attached to an aromatic ring is 1. The molecule has 0 bridgehead atoms. The van der Waals surface area contributed by atoms with E-state index in [9.17, 15) is 0 Å². The number of nitrogens with zero attached hydrogens (tertiary/aromatic N) is 1. The third-order valence-electron chi connectivity index (χ3n) is 4.79. The SMILES string of the molecule is Cc1[nH]c2c(OCCNCCN3CCCC3)ccc(N)c2c1C. The first-order valence-corrected chi connectivity index (χ1v) is 8.60. The Morgan fingerprint density at radius 3 is 2.78 bits per heavy atom.